The van der Waals surface area contributed by atoms with Crippen LogP contribution < -0.4 is 10.0 Å². The van der Waals surface area contributed by atoms with Crippen molar-refractivity contribution in [3.63, 3.8) is 0 Å². The lowest BCUT2D eigenvalue weighted by Crippen LogP contribution is -2.30. The van der Waals surface area contributed by atoms with E-state index < -0.39 is 16.1 Å². The predicted octanol–water partition coefficient (Wildman–Crippen LogP) is 1.55. The van der Waals surface area contributed by atoms with Gasteiger partial charge < -0.3 is 4.74 Å². The van der Waals surface area contributed by atoms with Gasteiger partial charge in [-0.2, -0.15) is 0 Å². The van der Waals surface area contributed by atoms with Crippen molar-refractivity contribution in [3.05, 3.63) is 24.3 Å². The largest absolute Gasteiger partial charge is 0.453 e. The number of carbonyl (C=O) groups is 1. The highest BCUT2D eigenvalue weighted by Crippen LogP contribution is 2.14. The van der Waals surface area contributed by atoms with E-state index in [0.29, 0.717) is 5.69 Å². The van der Waals surface area contributed by atoms with Crippen LogP contribution in [0.4, 0.5) is 10.5 Å². The fourth-order valence-corrected chi connectivity index (χ4v) is 2.52. The Morgan fingerprint density at radius 3 is 2.22 bits per heavy atom. The second kappa shape index (κ2) is 5.83. The quantitative estimate of drug-likeness (QED) is 0.871. The van der Waals surface area contributed by atoms with E-state index >= 15 is 0 Å². The number of hydrogen-bond donors (Lipinski definition) is 2. The van der Waals surface area contributed by atoms with Gasteiger partial charge in [-0.1, -0.05) is 0 Å². The predicted molar refractivity (Wildman–Crippen MR) is 67.9 cm³/mol. The van der Waals surface area contributed by atoms with Crippen molar-refractivity contribution >= 4 is 21.8 Å². The zero-order valence-electron chi connectivity index (χ0n) is 10.4. The molecular formula is C11H16N2O4S. The number of ether oxygens (including phenoxy) is 1. The summed E-state index contributed by atoms with van der Waals surface area (Å²) < 4.78 is 30.5. The van der Waals surface area contributed by atoms with Crippen molar-refractivity contribution in [2.24, 2.45) is 0 Å². The van der Waals surface area contributed by atoms with Gasteiger partial charge in [-0.15, -0.1) is 0 Å². The van der Waals surface area contributed by atoms with Crippen LogP contribution >= 0.6 is 0 Å². The number of anilines is 1. The van der Waals surface area contributed by atoms with Crippen molar-refractivity contribution in [2.45, 2.75) is 24.8 Å². The third-order valence-electron chi connectivity index (χ3n) is 1.99. The Labute approximate surface area is 106 Å². The second-order valence-corrected chi connectivity index (χ2v) is 5.63. The first-order valence-corrected chi connectivity index (χ1v) is 6.81. The third-order valence-corrected chi connectivity index (χ3v) is 3.66. The fourth-order valence-electron chi connectivity index (χ4n) is 1.26. The third kappa shape index (κ3) is 4.01. The maximum Gasteiger partial charge on any atom is 0.411 e. The lowest BCUT2D eigenvalue weighted by Gasteiger charge is -2.10. The van der Waals surface area contributed by atoms with E-state index in [0.717, 1.165) is 0 Å². The lowest BCUT2D eigenvalue weighted by molar-refractivity contribution is 0.187. The molecule has 0 saturated carbocycles. The molecule has 0 atom stereocenters. The van der Waals surface area contributed by atoms with E-state index in [1.807, 2.05) is 0 Å². The summed E-state index contributed by atoms with van der Waals surface area (Å²) >= 11 is 0. The van der Waals surface area contributed by atoms with Crippen LogP contribution in [0.2, 0.25) is 0 Å². The van der Waals surface area contributed by atoms with Crippen LogP contribution in [0.25, 0.3) is 0 Å². The van der Waals surface area contributed by atoms with Crippen molar-refractivity contribution < 1.29 is 17.9 Å². The molecule has 1 aromatic rings. The molecule has 0 saturated heterocycles. The number of rotatable bonds is 4. The molecule has 0 aliphatic rings. The molecule has 0 unspecified atom stereocenters. The number of methoxy groups -OCH3 is 1. The average molecular weight is 272 g/mol. The highest BCUT2D eigenvalue weighted by Gasteiger charge is 2.14. The lowest BCUT2D eigenvalue weighted by atomic mass is 10.3. The Morgan fingerprint density at radius 2 is 1.78 bits per heavy atom. The molecule has 0 spiro atoms. The van der Waals surface area contributed by atoms with Crippen LogP contribution in [0.1, 0.15) is 13.8 Å². The van der Waals surface area contributed by atoms with Crippen LogP contribution in [-0.4, -0.2) is 27.7 Å². The van der Waals surface area contributed by atoms with Crippen LogP contribution in [0.5, 0.6) is 0 Å². The first-order valence-electron chi connectivity index (χ1n) is 5.32. The van der Waals surface area contributed by atoms with E-state index in [9.17, 15) is 13.2 Å². The monoisotopic (exact) mass is 272 g/mol. The molecule has 0 aromatic heterocycles. The number of sulfonamides is 1. The summed E-state index contributed by atoms with van der Waals surface area (Å²) in [6.45, 7) is 3.48. The Balaban J connectivity index is 2.86. The summed E-state index contributed by atoms with van der Waals surface area (Å²) in [5, 5.41) is 2.43. The zero-order chi connectivity index (χ0) is 13.8. The Morgan fingerprint density at radius 1 is 1.22 bits per heavy atom. The summed E-state index contributed by atoms with van der Waals surface area (Å²) in [6.07, 6.45) is -0.606. The molecule has 1 aromatic carbocycles. The molecule has 6 nitrogen and oxygen atoms in total. The van der Waals surface area contributed by atoms with Gasteiger partial charge in [0, 0.05) is 11.7 Å². The topological polar surface area (TPSA) is 84.5 Å². The molecule has 0 bridgehead atoms. The number of carbonyl (C=O) groups excluding carboxylic acids is 1. The van der Waals surface area contributed by atoms with Gasteiger partial charge in [0.25, 0.3) is 0 Å². The van der Waals surface area contributed by atoms with Gasteiger partial charge >= 0.3 is 6.09 Å². The first kappa shape index (κ1) is 14.5. The normalized spacial score (nSPS) is 11.3. The van der Waals surface area contributed by atoms with Gasteiger partial charge in [-0.05, 0) is 38.1 Å². The summed E-state index contributed by atoms with van der Waals surface area (Å²) in [4.78, 5) is 11.1. The van der Waals surface area contributed by atoms with E-state index in [2.05, 4.69) is 14.8 Å². The van der Waals surface area contributed by atoms with Gasteiger partial charge in [0.15, 0.2) is 0 Å². The smallest absolute Gasteiger partial charge is 0.411 e. The molecule has 100 valence electrons. The van der Waals surface area contributed by atoms with Gasteiger partial charge in [-0.25, -0.2) is 17.9 Å². The second-order valence-electron chi connectivity index (χ2n) is 3.92. The number of amides is 1. The first-order chi connectivity index (χ1) is 8.35. The molecule has 0 fully saturated rings. The van der Waals surface area contributed by atoms with Gasteiger partial charge in [-0.3, -0.25) is 5.32 Å². The van der Waals surface area contributed by atoms with Crippen molar-refractivity contribution in [2.75, 3.05) is 12.4 Å². The Kier molecular flexibility index (Phi) is 4.69. The fraction of sp³-hybridized carbons (Fsp3) is 0.364. The molecule has 0 heterocycles. The minimum Gasteiger partial charge on any atom is -0.453 e. The molecule has 0 aliphatic carbocycles. The van der Waals surface area contributed by atoms with Crippen LogP contribution in [0.15, 0.2) is 29.2 Å². The highest BCUT2D eigenvalue weighted by molar-refractivity contribution is 7.89. The molecule has 7 heteroatoms. The number of benzene rings is 1. The van der Waals surface area contributed by atoms with Gasteiger partial charge in [0.1, 0.15) is 0 Å². The maximum absolute atomic E-state index is 11.8. The summed E-state index contributed by atoms with van der Waals surface area (Å²) in [5.74, 6) is 0. The molecule has 1 rings (SSSR count). The molecule has 0 aliphatic heterocycles. The van der Waals surface area contributed by atoms with E-state index in [-0.39, 0.29) is 10.9 Å². The van der Waals surface area contributed by atoms with Crippen LogP contribution in [0.3, 0.4) is 0 Å². The zero-order valence-corrected chi connectivity index (χ0v) is 11.2. The summed E-state index contributed by atoms with van der Waals surface area (Å²) in [6, 6.07) is 5.63. The van der Waals surface area contributed by atoms with E-state index in [1.54, 1.807) is 13.8 Å². The molecule has 1 amide bonds. The van der Waals surface area contributed by atoms with Gasteiger partial charge in [0.05, 0.1) is 12.0 Å². The van der Waals surface area contributed by atoms with Crippen molar-refractivity contribution in [1.82, 2.24) is 4.72 Å². The molecular weight excluding hydrogens is 256 g/mol. The average Bonchev–Trinajstić information content (AvgIpc) is 2.28. The van der Waals surface area contributed by atoms with E-state index in [1.165, 1.54) is 31.4 Å². The minimum atomic E-state index is -3.50. The standard InChI is InChI=1S/C11H16N2O4S/c1-8(2)13-18(15,16)10-6-4-9(5-7-10)12-11(14)17-3/h4-8,13H,1-3H3,(H,12,14). The molecule has 0 radical (unpaired) electrons. The molecule has 18 heavy (non-hydrogen) atoms. The number of nitrogens with one attached hydrogen (secondary N) is 2. The number of hydrogen-bond acceptors (Lipinski definition) is 4. The van der Waals surface area contributed by atoms with Crippen LogP contribution in [-0.2, 0) is 14.8 Å². The highest BCUT2D eigenvalue weighted by atomic mass is 32.2. The molecule has 2 N–H and O–H groups in total. The minimum absolute atomic E-state index is 0.145. The Hall–Kier alpha value is -1.60. The van der Waals surface area contributed by atoms with Crippen LogP contribution in [0, 0.1) is 0 Å². The summed E-state index contributed by atoms with van der Waals surface area (Å²) in [5.41, 5.74) is 0.463. The maximum atomic E-state index is 11.8. The van der Waals surface area contributed by atoms with Crippen molar-refractivity contribution in [3.8, 4) is 0 Å². The SMILES string of the molecule is COC(=O)Nc1ccc(S(=O)(=O)NC(C)C)cc1. The van der Waals surface area contributed by atoms with E-state index in [4.69, 9.17) is 0 Å². The van der Waals surface area contributed by atoms with Crippen molar-refractivity contribution in [1.29, 1.82) is 0 Å². The Bertz CT molecular complexity index is 508. The summed E-state index contributed by atoms with van der Waals surface area (Å²) in [7, 11) is -2.25. The van der Waals surface area contributed by atoms with Gasteiger partial charge in [0.2, 0.25) is 10.0 Å².